The van der Waals surface area contributed by atoms with Crippen LogP contribution in [0.5, 0.6) is 5.75 Å². The molecule has 1 atom stereocenters. The summed E-state index contributed by atoms with van der Waals surface area (Å²) >= 11 is 0. The van der Waals surface area contributed by atoms with Crippen LogP contribution in [0.1, 0.15) is 33.4 Å². The number of amides is 1. The van der Waals surface area contributed by atoms with Gasteiger partial charge in [0, 0.05) is 5.69 Å². The number of aromatic nitrogens is 3. The Morgan fingerprint density at radius 1 is 1.19 bits per heavy atom. The van der Waals surface area contributed by atoms with Crippen LogP contribution in [0.3, 0.4) is 0 Å². The number of ether oxygens (including phenoxy) is 1. The molecule has 0 unspecified atom stereocenters. The standard InChI is InChI=1S/C20H22N4O3/c1-13-4-7-16(10-14(13)2)22-20(26)19-21-12-24(23-19)11-18(25)15-5-8-17(27-3)9-6-15/h4-10,12,18,25H,11H2,1-3H3,(H,22,26)/t18-/m1/s1. The number of nitrogens with zero attached hydrogens (tertiary/aromatic N) is 3. The molecule has 3 aromatic rings. The topological polar surface area (TPSA) is 89.3 Å². The molecule has 140 valence electrons. The van der Waals surface area contributed by atoms with Crippen molar-refractivity contribution in [2.45, 2.75) is 26.5 Å². The smallest absolute Gasteiger partial charge is 0.295 e. The number of hydrogen-bond acceptors (Lipinski definition) is 5. The summed E-state index contributed by atoms with van der Waals surface area (Å²) in [7, 11) is 1.59. The summed E-state index contributed by atoms with van der Waals surface area (Å²) in [5, 5.41) is 17.3. The molecule has 0 spiro atoms. The van der Waals surface area contributed by atoms with E-state index in [2.05, 4.69) is 15.4 Å². The van der Waals surface area contributed by atoms with E-state index in [4.69, 9.17) is 4.74 Å². The van der Waals surface area contributed by atoms with Gasteiger partial charge in [0.2, 0.25) is 5.82 Å². The number of aliphatic hydroxyl groups excluding tert-OH is 1. The Labute approximate surface area is 157 Å². The van der Waals surface area contributed by atoms with Gasteiger partial charge in [-0.15, -0.1) is 5.10 Å². The van der Waals surface area contributed by atoms with Gasteiger partial charge in [0.15, 0.2) is 0 Å². The molecule has 0 radical (unpaired) electrons. The molecule has 0 aliphatic rings. The summed E-state index contributed by atoms with van der Waals surface area (Å²) in [6.07, 6.45) is 0.662. The molecule has 0 fully saturated rings. The van der Waals surface area contributed by atoms with E-state index in [0.717, 1.165) is 22.4 Å². The first kappa shape index (κ1) is 18.6. The summed E-state index contributed by atoms with van der Waals surface area (Å²) in [5.41, 5.74) is 3.67. The quantitative estimate of drug-likeness (QED) is 0.700. The minimum absolute atomic E-state index is 0.0511. The average molecular weight is 366 g/mol. The normalized spacial score (nSPS) is 11.9. The third-order valence-corrected chi connectivity index (χ3v) is 4.36. The first-order chi connectivity index (χ1) is 13.0. The fourth-order valence-corrected chi connectivity index (χ4v) is 2.60. The van der Waals surface area contributed by atoms with Crippen molar-refractivity contribution in [1.29, 1.82) is 0 Å². The van der Waals surface area contributed by atoms with Crippen LogP contribution in [0, 0.1) is 13.8 Å². The van der Waals surface area contributed by atoms with Gasteiger partial charge in [0.25, 0.3) is 5.91 Å². The molecule has 1 aromatic heterocycles. The molecule has 0 saturated carbocycles. The number of carbonyl (C=O) groups excluding carboxylic acids is 1. The molecule has 0 aliphatic heterocycles. The van der Waals surface area contributed by atoms with Crippen LogP contribution in [0.4, 0.5) is 5.69 Å². The second kappa shape index (κ2) is 8.01. The third-order valence-electron chi connectivity index (χ3n) is 4.36. The predicted molar refractivity (Wildman–Crippen MR) is 102 cm³/mol. The fourth-order valence-electron chi connectivity index (χ4n) is 2.60. The molecule has 7 nitrogen and oxygen atoms in total. The molecular formula is C20H22N4O3. The highest BCUT2D eigenvalue weighted by atomic mass is 16.5. The largest absolute Gasteiger partial charge is 0.497 e. The Balaban J connectivity index is 1.64. The van der Waals surface area contributed by atoms with Gasteiger partial charge in [-0.2, -0.15) is 0 Å². The van der Waals surface area contributed by atoms with E-state index in [1.165, 1.54) is 11.0 Å². The van der Waals surface area contributed by atoms with Crippen molar-refractivity contribution in [2.24, 2.45) is 0 Å². The molecule has 7 heteroatoms. The number of nitrogens with one attached hydrogen (secondary N) is 1. The lowest BCUT2D eigenvalue weighted by atomic mass is 10.1. The summed E-state index contributed by atoms with van der Waals surface area (Å²) in [4.78, 5) is 16.4. The number of carbonyl (C=O) groups is 1. The van der Waals surface area contributed by atoms with E-state index in [0.29, 0.717) is 5.69 Å². The Hall–Kier alpha value is -3.19. The van der Waals surface area contributed by atoms with Crippen molar-refractivity contribution < 1.29 is 14.6 Å². The minimum Gasteiger partial charge on any atom is -0.497 e. The van der Waals surface area contributed by atoms with E-state index in [1.54, 1.807) is 31.4 Å². The van der Waals surface area contributed by atoms with E-state index in [1.807, 2.05) is 32.0 Å². The molecule has 0 saturated heterocycles. The van der Waals surface area contributed by atoms with E-state index < -0.39 is 12.0 Å². The third kappa shape index (κ3) is 4.51. The Morgan fingerprint density at radius 2 is 1.93 bits per heavy atom. The molecule has 2 N–H and O–H groups in total. The zero-order chi connectivity index (χ0) is 19.4. The minimum atomic E-state index is -0.770. The lowest BCUT2D eigenvalue weighted by molar-refractivity contribution is 0.101. The SMILES string of the molecule is COc1ccc([C@H](O)Cn2cnc(C(=O)Nc3ccc(C)c(C)c3)n2)cc1. The van der Waals surface area contributed by atoms with E-state index >= 15 is 0 Å². The maximum Gasteiger partial charge on any atom is 0.295 e. The maximum absolute atomic E-state index is 12.3. The summed E-state index contributed by atoms with van der Waals surface area (Å²) in [5.74, 6) is 0.378. The molecule has 1 amide bonds. The van der Waals surface area contributed by atoms with Crippen molar-refractivity contribution in [3.05, 3.63) is 71.3 Å². The first-order valence-electron chi connectivity index (χ1n) is 8.56. The Morgan fingerprint density at radius 3 is 2.59 bits per heavy atom. The number of aryl methyl sites for hydroxylation is 2. The van der Waals surface area contributed by atoms with Gasteiger partial charge in [0.05, 0.1) is 19.8 Å². The summed E-state index contributed by atoms with van der Waals surface area (Å²) < 4.78 is 6.55. The highest BCUT2D eigenvalue weighted by Gasteiger charge is 2.15. The number of benzene rings is 2. The predicted octanol–water partition coefficient (Wildman–Crippen LogP) is 2.89. The van der Waals surface area contributed by atoms with Gasteiger partial charge >= 0.3 is 0 Å². The number of rotatable bonds is 6. The first-order valence-corrected chi connectivity index (χ1v) is 8.56. The van der Waals surface area contributed by atoms with Crippen molar-refractivity contribution >= 4 is 11.6 Å². The maximum atomic E-state index is 12.3. The van der Waals surface area contributed by atoms with Gasteiger partial charge in [-0.3, -0.25) is 4.79 Å². The van der Waals surface area contributed by atoms with Crippen LogP contribution >= 0.6 is 0 Å². The van der Waals surface area contributed by atoms with Crippen LogP contribution in [-0.2, 0) is 6.54 Å². The van der Waals surface area contributed by atoms with Crippen molar-refractivity contribution in [3.63, 3.8) is 0 Å². The number of hydrogen-bond donors (Lipinski definition) is 2. The van der Waals surface area contributed by atoms with Gasteiger partial charge in [0.1, 0.15) is 12.1 Å². The van der Waals surface area contributed by atoms with Gasteiger partial charge < -0.3 is 15.2 Å². The van der Waals surface area contributed by atoms with Crippen LogP contribution in [0.25, 0.3) is 0 Å². The Kier molecular flexibility index (Phi) is 5.52. The summed E-state index contributed by atoms with van der Waals surface area (Å²) in [6, 6.07) is 12.8. The number of anilines is 1. The molecule has 0 aliphatic carbocycles. The molecule has 27 heavy (non-hydrogen) atoms. The highest BCUT2D eigenvalue weighted by molar-refractivity contribution is 6.01. The molecule has 3 rings (SSSR count). The number of aliphatic hydroxyl groups is 1. The lowest BCUT2D eigenvalue weighted by Crippen LogP contribution is -2.15. The second-order valence-electron chi connectivity index (χ2n) is 6.33. The summed E-state index contributed by atoms with van der Waals surface area (Å²) in [6.45, 7) is 4.19. The van der Waals surface area contributed by atoms with Gasteiger partial charge in [-0.05, 0) is 54.8 Å². The molecule has 0 bridgehead atoms. The monoisotopic (exact) mass is 366 g/mol. The van der Waals surface area contributed by atoms with Crippen LogP contribution in [-0.4, -0.2) is 32.9 Å². The van der Waals surface area contributed by atoms with E-state index in [9.17, 15) is 9.90 Å². The van der Waals surface area contributed by atoms with E-state index in [-0.39, 0.29) is 12.4 Å². The zero-order valence-corrected chi connectivity index (χ0v) is 15.5. The van der Waals surface area contributed by atoms with Crippen LogP contribution < -0.4 is 10.1 Å². The van der Waals surface area contributed by atoms with Crippen molar-refractivity contribution in [3.8, 4) is 5.75 Å². The van der Waals surface area contributed by atoms with Crippen molar-refractivity contribution in [2.75, 3.05) is 12.4 Å². The van der Waals surface area contributed by atoms with Gasteiger partial charge in [-0.1, -0.05) is 18.2 Å². The second-order valence-corrected chi connectivity index (χ2v) is 6.33. The lowest BCUT2D eigenvalue weighted by Gasteiger charge is -2.11. The molecule has 2 aromatic carbocycles. The fraction of sp³-hybridized carbons (Fsp3) is 0.250. The van der Waals surface area contributed by atoms with Crippen molar-refractivity contribution in [1.82, 2.24) is 14.8 Å². The number of methoxy groups -OCH3 is 1. The Bertz CT molecular complexity index is 935. The molecular weight excluding hydrogens is 344 g/mol. The zero-order valence-electron chi connectivity index (χ0n) is 15.5. The average Bonchev–Trinajstić information content (AvgIpc) is 3.13. The van der Waals surface area contributed by atoms with Crippen LogP contribution in [0.2, 0.25) is 0 Å². The van der Waals surface area contributed by atoms with Crippen LogP contribution in [0.15, 0.2) is 48.8 Å². The highest BCUT2D eigenvalue weighted by Crippen LogP contribution is 2.19. The molecule has 1 heterocycles. The van der Waals surface area contributed by atoms with Gasteiger partial charge in [-0.25, -0.2) is 9.67 Å².